The zero-order chi connectivity index (χ0) is 24.8. The first kappa shape index (κ1) is 23.1. The van der Waals surface area contributed by atoms with Crippen LogP contribution >= 0.6 is 0 Å². The lowest BCUT2D eigenvalue weighted by molar-refractivity contribution is -0.140. The van der Waals surface area contributed by atoms with Crippen LogP contribution in [0.15, 0.2) is 46.6 Å². The molecule has 0 bridgehead atoms. The second-order valence-corrected chi connectivity index (χ2v) is 8.47. The van der Waals surface area contributed by atoms with Gasteiger partial charge < -0.3 is 24.7 Å². The van der Waals surface area contributed by atoms with E-state index >= 15 is 0 Å². The van der Waals surface area contributed by atoms with Crippen molar-refractivity contribution in [1.82, 2.24) is 9.47 Å². The second kappa shape index (κ2) is 8.35. The maximum atomic E-state index is 14.1. The molecule has 0 radical (unpaired) electrons. The predicted octanol–water partition coefficient (Wildman–Crippen LogP) is 0.610. The van der Waals surface area contributed by atoms with Crippen LogP contribution in [0.5, 0.6) is 5.75 Å². The monoisotopic (exact) mass is 463 g/mol. The number of benzene rings is 1. The van der Waals surface area contributed by atoms with Gasteiger partial charge in [0.2, 0.25) is 11.8 Å². The largest absolute Gasteiger partial charge is 0.468 e. The number of likely N-dealkylation sites (N-methyl/N-ethyl adjacent to an activating group) is 1. The minimum atomic E-state index is -1.85. The summed E-state index contributed by atoms with van der Waals surface area (Å²) in [4.78, 5) is 43.4. The summed E-state index contributed by atoms with van der Waals surface area (Å²) in [7, 11) is 5.00. The van der Waals surface area contributed by atoms with Crippen molar-refractivity contribution >= 4 is 17.6 Å². The number of methoxy groups -OCH3 is 1. The molecule has 1 amide bonds. The van der Waals surface area contributed by atoms with Crippen LogP contribution in [0.3, 0.4) is 0 Å². The summed E-state index contributed by atoms with van der Waals surface area (Å²) in [6.07, 6.45) is 0. The molecule has 2 aromatic rings. The number of para-hydroxylation sites is 1. The van der Waals surface area contributed by atoms with E-state index < -0.39 is 22.9 Å². The van der Waals surface area contributed by atoms with Crippen LogP contribution in [-0.4, -0.2) is 55.6 Å². The number of carbonyl (C=O) groups is 2. The number of rotatable bonds is 5. The molecule has 34 heavy (non-hydrogen) atoms. The maximum Gasteiger partial charge on any atom is 0.325 e. The number of hydrogen-bond donors (Lipinski definition) is 1. The Hall–Kier alpha value is -4.10. The van der Waals surface area contributed by atoms with Crippen LogP contribution in [0.25, 0.3) is 0 Å². The Morgan fingerprint density at radius 3 is 2.65 bits per heavy atom. The van der Waals surface area contributed by atoms with Crippen molar-refractivity contribution in [1.29, 1.82) is 5.26 Å². The van der Waals surface area contributed by atoms with Gasteiger partial charge in [-0.2, -0.15) is 5.26 Å². The summed E-state index contributed by atoms with van der Waals surface area (Å²) in [5, 5.41) is 10.1. The molecule has 1 spiro atoms. The second-order valence-electron chi connectivity index (χ2n) is 8.47. The number of nitrogens with zero attached hydrogens (tertiary/aromatic N) is 4. The van der Waals surface area contributed by atoms with Crippen molar-refractivity contribution in [2.24, 2.45) is 5.73 Å². The highest BCUT2D eigenvalue weighted by Gasteiger charge is 2.61. The van der Waals surface area contributed by atoms with Crippen molar-refractivity contribution in [3.8, 4) is 11.8 Å². The Balaban J connectivity index is 2.08. The van der Waals surface area contributed by atoms with E-state index in [0.29, 0.717) is 30.0 Å². The summed E-state index contributed by atoms with van der Waals surface area (Å²) in [6, 6.07) is 10.4. The first-order chi connectivity index (χ1) is 16.2. The molecule has 1 unspecified atom stereocenters. The molecule has 2 N–H and O–H groups in total. The Morgan fingerprint density at radius 2 is 2.00 bits per heavy atom. The predicted molar refractivity (Wildman–Crippen MR) is 123 cm³/mol. The molecule has 10 heteroatoms. The van der Waals surface area contributed by atoms with Crippen LogP contribution < -0.4 is 20.9 Å². The maximum absolute atomic E-state index is 14.1. The van der Waals surface area contributed by atoms with Crippen molar-refractivity contribution in [3.63, 3.8) is 0 Å². The lowest BCUT2D eigenvalue weighted by Crippen LogP contribution is -2.51. The summed E-state index contributed by atoms with van der Waals surface area (Å²) in [5.74, 6) is -1.43. The molecule has 4 rings (SSSR count). The van der Waals surface area contributed by atoms with E-state index in [-0.39, 0.29) is 29.3 Å². The summed E-state index contributed by atoms with van der Waals surface area (Å²) < 4.78 is 12.0. The standard InChI is InChI=1S/C24H25N5O5/c1-14-11-18-20(22(31)28(14)10-9-27(2)3)24(16(12-25)21(26)34-18)15-7-5-6-8-17(15)29(23(24)32)13-19(30)33-4/h5-8,11H,9-10,13,26H2,1-4H3. The molecule has 1 aromatic carbocycles. The fourth-order valence-corrected chi connectivity index (χ4v) is 4.65. The molecule has 2 aliphatic rings. The lowest BCUT2D eigenvalue weighted by atomic mass is 9.69. The van der Waals surface area contributed by atoms with Gasteiger partial charge in [0.15, 0.2) is 5.41 Å². The number of ether oxygens (including phenoxy) is 2. The quantitative estimate of drug-likeness (QED) is 0.638. The molecule has 1 aromatic heterocycles. The lowest BCUT2D eigenvalue weighted by Gasteiger charge is -2.34. The normalized spacial score (nSPS) is 18.6. The van der Waals surface area contributed by atoms with Gasteiger partial charge in [0.1, 0.15) is 23.9 Å². The third kappa shape index (κ3) is 3.16. The number of esters is 1. The van der Waals surface area contributed by atoms with E-state index in [1.165, 1.54) is 12.0 Å². The number of nitriles is 1. The average Bonchev–Trinajstić information content (AvgIpc) is 3.02. The van der Waals surface area contributed by atoms with Gasteiger partial charge in [-0.05, 0) is 27.1 Å². The SMILES string of the molecule is COC(=O)CN1C(=O)C2(C(C#N)=C(N)Oc3cc(C)n(CCN(C)C)c(=O)c32)c2ccccc21. The smallest absolute Gasteiger partial charge is 0.325 e. The number of fused-ring (bicyclic) bond motifs is 4. The summed E-state index contributed by atoms with van der Waals surface area (Å²) >= 11 is 0. The molecule has 2 aliphatic heterocycles. The highest BCUT2D eigenvalue weighted by atomic mass is 16.5. The van der Waals surface area contributed by atoms with Gasteiger partial charge >= 0.3 is 5.97 Å². The minimum Gasteiger partial charge on any atom is -0.468 e. The zero-order valence-electron chi connectivity index (χ0n) is 19.4. The van der Waals surface area contributed by atoms with Gasteiger partial charge in [-0.25, -0.2) is 0 Å². The van der Waals surface area contributed by atoms with E-state index in [4.69, 9.17) is 15.2 Å². The van der Waals surface area contributed by atoms with Crippen molar-refractivity contribution < 1.29 is 19.1 Å². The van der Waals surface area contributed by atoms with E-state index in [2.05, 4.69) is 0 Å². The Bertz CT molecular complexity index is 1340. The third-order valence-electron chi connectivity index (χ3n) is 6.25. The number of aryl methyl sites for hydroxylation is 1. The molecule has 3 heterocycles. The van der Waals surface area contributed by atoms with Gasteiger partial charge in [0, 0.05) is 36.1 Å². The molecule has 10 nitrogen and oxygen atoms in total. The van der Waals surface area contributed by atoms with E-state index in [1.807, 2.05) is 25.1 Å². The van der Waals surface area contributed by atoms with Crippen LogP contribution in [0.2, 0.25) is 0 Å². The van der Waals surface area contributed by atoms with Gasteiger partial charge in [-0.1, -0.05) is 18.2 Å². The molecule has 0 saturated carbocycles. The molecular weight excluding hydrogens is 438 g/mol. The molecule has 0 saturated heterocycles. The fraction of sp³-hybridized carbons (Fsp3) is 0.333. The number of amides is 1. The Kier molecular flexibility index (Phi) is 5.67. The van der Waals surface area contributed by atoms with Gasteiger partial charge in [0.05, 0.1) is 12.7 Å². The highest BCUT2D eigenvalue weighted by Crippen LogP contribution is 2.54. The molecule has 1 atom stereocenters. The zero-order valence-corrected chi connectivity index (χ0v) is 19.4. The topological polar surface area (TPSA) is 131 Å². The van der Waals surface area contributed by atoms with Gasteiger partial charge in [-0.3, -0.25) is 19.3 Å². The Morgan fingerprint density at radius 1 is 1.29 bits per heavy atom. The number of nitrogens with two attached hydrogens (primary N) is 1. The van der Waals surface area contributed by atoms with Crippen LogP contribution in [0.1, 0.15) is 16.8 Å². The number of pyridine rings is 1. The summed E-state index contributed by atoms with van der Waals surface area (Å²) in [5.41, 5.74) is 5.06. The number of carbonyl (C=O) groups excluding carboxylic acids is 2. The van der Waals surface area contributed by atoms with Gasteiger partial charge in [0.25, 0.3) is 5.56 Å². The van der Waals surface area contributed by atoms with Crippen LogP contribution in [-0.2, 0) is 26.3 Å². The first-order valence-electron chi connectivity index (χ1n) is 10.6. The Labute approximate surface area is 196 Å². The number of anilines is 1. The highest BCUT2D eigenvalue weighted by molar-refractivity contribution is 6.15. The van der Waals surface area contributed by atoms with Crippen LogP contribution in [0, 0.1) is 18.3 Å². The van der Waals surface area contributed by atoms with E-state index in [9.17, 15) is 19.6 Å². The van der Waals surface area contributed by atoms with Crippen molar-refractivity contribution in [2.75, 3.05) is 39.2 Å². The molecule has 0 aliphatic carbocycles. The molecular formula is C24H25N5O5. The van der Waals surface area contributed by atoms with Crippen molar-refractivity contribution in [2.45, 2.75) is 18.9 Å². The molecule has 176 valence electrons. The van der Waals surface area contributed by atoms with Crippen LogP contribution in [0.4, 0.5) is 5.69 Å². The van der Waals surface area contributed by atoms with E-state index in [1.54, 1.807) is 41.8 Å². The minimum absolute atomic E-state index is 0.00687. The molecule has 0 fully saturated rings. The third-order valence-corrected chi connectivity index (χ3v) is 6.25. The summed E-state index contributed by atoms with van der Waals surface area (Å²) in [6.45, 7) is 2.32. The number of hydrogen-bond acceptors (Lipinski definition) is 8. The van der Waals surface area contributed by atoms with Gasteiger partial charge in [-0.15, -0.1) is 0 Å². The van der Waals surface area contributed by atoms with Crippen molar-refractivity contribution in [3.05, 3.63) is 69.0 Å². The average molecular weight is 463 g/mol. The number of aromatic nitrogens is 1. The fourth-order valence-electron chi connectivity index (χ4n) is 4.65. The first-order valence-corrected chi connectivity index (χ1v) is 10.6. The van der Waals surface area contributed by atoms with E-state index in [0.717, 1.165) is 0 Å².